The van der Waals surface area contributed by atoms with Gasteiger partial charge in [-0.3, -0.25) is 4.79 Å². The largest absolute Gasteiger partial charge is 0.396 e. The number of aliphatic hydroxyl groups excluding tert-OH is 2. The van der Waals surface area contributed by atoms with Crippen molar-refractivity contribution in [2.75, 3.05) is 6.61 Å². The van der Waals surface area contributed by atoms with Gasteiger partial charge in [-0.25, -0.2) is 4.99 Å². The Hall–Kier alpha value is -2.82. The zero-order chi connectivity index (χ0) is 20.4. The number of aliphatic hydroxyl groups is 2. The molecule has 0 aliphatic rings. The average molecular weight is 387 g/mol. The minimum Gasteiger partial charge on any atom is -0.396 e. The highest BCUT2D eigenvalue weighted by molar-refractivity contribution is 6.23. The Morgan fingerprint density at radius 3 is 2.34 bits per heavy atom. The van der Waals surface area contributed by atoms with Gasteiger partial charge in [0.05, 0.1) is 12.7 Å². The monoisotopic (exact) mass is 387 g/mol. The van der Waals surface area contributed by atoms with Gasteiger partial charge in [0.15, 0.2) is 0 Å². The van der Waals surface area contributed by atoms with E-state index >= 15 is 0 Å². The number of hydrogen-bond acceptors (Lipinski definition) is 3. The van der Waals surface area contributed by atoms with Gasteiger partial charge < -0.3 is 10.2 Å². The lowest BCUT2D eigenvalue weighted by atomic mass is 9.90. The van der Waals surface area contributed by atoms with E-state index in [0.717, 1.165) is 6.42 Å². The molecule has 0 bridgehead atoms. The first kappa shape index (κ1) is 19.5. The Morgan fingerprint density at radius 2 is 1.66 bits per heavy atom. The highest BCUT2D eigenvalue weighted by Crippen LogP contribution is 2.36. The molecule has 4 nitrogen and oxygen atoms in total. The van der Waals surface area contributed by atoms with Crippen LogP contribution in [0.3, 0.4) is 0 Å². The molecule has 0 aliphatic carbocycles. The van der Waals surface area contributed by atoms with Crippen molar-refractivity contribution in [2.24, 2.45) is 10.9 Å². The van der Waals surface area contributed by atoms with Crippen LogP contribution >= 0.6 is 0 Å². The summed E-state index contributed by atoms with van der Waals surface area (Å²) in [7, 11) is 0. The topological polar surface area (TPSA) is 69.9 Å². The number of nitrogens with zero attached hydrogens (tertiary/aromatic N) is 1. The number of benzene rings is 4. The Bertz CT molecular complexity index is 1160. The van der Waals surface area contributed by atoms with Gasteiger partial charge in [-0.15, -0.1) is 0 Å². The van der Waals surface area contributed by atoms with Crippen LogP contribution in [0, 0.1) is 5.92 Å². The molecule has 0 fully saturated rings. The first-order valence-electron chi connectivity index (χ1n) is 10.1. The zero-order valence-corrected chi connectivity index (χ0v) is 16.5. The van der Waals surface area contributed by atoms with Crippen molar-refractivity contribution in [3.05, 3.63) is 60.2 Å². The first-order chi connectivity index (χ1) is 14.1. The number of rotatable bonds is 7. The fourth-order valence-corrected chi connectivity index (χ4v) is 4.01. The highest BCUT2D eigenvalue weighted by Gasteiger charge is 2.13. The second kappa shape index (κ2) is 8.27. The first-order valence-corrected chi connectivity index (χ1v) is 10.1. The number of amides is 1. The molecule has 4 rings (SSSR count). The number of carbonyl (C=O) groups excluding carboxylic acids is 1. The smallest absolute Gasteiger partial charge is 0.245 e. The lowest BCUT2D eigenvalue weighted by Crippen LogP contribution is -2.22. The predicted octanol–water partition coefficient (Wildman–Crippen LogP) is 4.49. The summed E-state index contributed by atoms with van der Waals surface area (Å²) in [6.07, 6.45) is 2.49. The molecule has 29 heavy (non-hydrogen) atoms. The van der Waals surface area contributed by atoms with Crippen molar-refractivity contribution in [1.82, 2.24) is 0 Å². The molecule has 0 saturated carbocycles. The van der Waals surface area contributed by atoms with Crippen LogP contribution < -0.4 is 0 Å². The fraction of sp³-hybridized carbons (Fsp3) is 0.280. The molecular weight excluding hydrogens is 362 g/mol. The molecular formula is C25H25NO3. The normalized spacial score (nSPS) is 14.3. The van der Waals surface area contributed by atoms with Gasteiger partial charge in [0.2, 0.25) is 5.91 Å². The van der Waals surface area contributed by atoms with Crippen LogP contribution in [0.2, 0.25) is 0 Å². The van der Waals surface area contributed by atoms with Crippen molar-refractivity contribution < 1.29 is 15.0 Å². The summed E-state index contributed by atoms with van der Waals surface area (Å²) < 4.78 is 0. The third-order valence-corrected chi connectivity index (χ3v) is 5.70. The van der Waals surface area contributed by atoms with Crippen molar-refractivity contribution in [3.8, 4) is 0 Å². The third kappa shape index (κ3) is 3.86. The van der Waals surface area contributed by atoms with E-state index < -0.39 is 12.0 Å². The molecule has 0 radical (unpaired) electrons. The molecule has 4 aromatic rings. The molecule has 0 heterocycles. The maximum Gasteiger partial charge on any atom is 0.245 e. The molecule has 1 amide bonds. The lowest BCUT2D eigenvalue weighted by Gasteiger charge is -2.13. The van der Waals surface area contributed by atoms with Crippen molar-refractivity contribution in [3.63, 3.8) is 0 Å². The SMILES string of the molecule is C[C@H](O)C(C=NC(=O)CCCc1ccc2ccc3cccc4ccc1c2c34)CO. The molecule has 1 unspecified atom stereocenters. The minimum atomic E-state index is -0.728. The second-order valence-electron chi connectivity index (χ2n) is 7.69. The van der Waals surface area contributed by atoms with Crippen LogP contribution in [0.25, 0.3) is 32.3 Å². The third-order valence-electron chi connectivity index (χ3n) is 5.70. The van der Waals surface area contributed by atoms with E-state index in [1.807, 2.05) is 0 Å². The van der Waals surface area contributed by atoms with Crippen LogP contribution in [-0.4, -0.2) is 35.0 Å². The van der Waals surface area contributed by atoms with Crippen LogP contribution in [0.1, 0.15) is 25.3 Å². The molecule has 148 valence electrons. The van der Waals surface area contributed by atoms with Crippen LogP contribution in [0.4, 0.5) is 0 Å². The molecule has 0 saturated heterocycles. The Labute approximate surface area is 169 Å². The molecule has 0 spiro atoms. The number of hydrogen-bond donors (Lipinski definition) is 2. The second-order valence-corrected chi connectivity index (χ2v) is 7.69. The summed E-state index contributed by atoms with van der Waals surface area (Å²) >= 11 is 0. The van der Waals surface area contributed by atoms with Gasteiger partial charge >= 0.3 is 0 Å². The average Bonchev–Trinajstić information content (AvgIpc) is 2.73. The lowest BCUT2D eigenvalue weighted by molar-refractivity contribution is -0.117. The van der Waals surface area contributed by atoms with Gasteiger partial charge in [-0.05, 0) is 57.6 Å². The summed E-state index contributed by atoms with van der Waals surface area (Å²) in [6.45, 7) is 1.35. The van der Waals surface area contributed by atoms with E-state index in [1.54, 1.807) is 6.92 Å². The van der Waals surface area contributed by atoms with Gasteiger partial charge in [-0.1, -0.05) is 54.6 Å². The molecule has 0 aromatic heterocycles. The predicted molar refractivity (Wildman–Crippen MR) is 119 cm³/mol. The summed E-state index contributed by atoms with van der Waals surface area (Å²) in [4.78, 5) is 15.9. The number of carbonyl (C=O) groups is 1. The van der Waals surface area contributed by atoms with Crippen LogP contribution in [0.5, 0.6) is 0 Å². The number of aliphatic imine (C=N–C) groups is 1. The molecule has 0 aliphatic heterocycles. The van der Waals surface area contributed by atoms with Crippen molar-refractivity contribution >= 4 is 44.4 Å². The van der Waals surface area contributed by atoms with E-state index in [0.29, 0.717) is 12.8 Å². The molecule has 4 heteroatoms. The quantitative estimate of drug-likeness (QED) is 0.362. The Balaban J connectivity index is 1.53. The molecule has 4 aromatic carbocycles. The maximum atomic E-state index is 12.1. The van der Waals surface area contributed by atoms with Gasteiger partial charge in [0.25, 0.3) is 0 Å². The maximum absolute atomic E-state index is 12.1. The van der Waals surface area contributed by atoms with E-state index in [-0.39, 0.29) is 12.5 Å². The van der Waals surface area contributed by atoms with Gasteiger partial charge in [0, 0.05) is 18.6 Å². The van der Waals surface area contributed by atoms with Gasteiger partial charge in [0.1, 0.15) is 0 Å². The Kier molecular flexibility index (Phi) is 5.56. The van der Waals surface area contributed by atoms with Crippen molar-refractivity contribution in [2.45, 2.75) is 32.3 Å². The zero-order valence-electron chi connectivity index (χ0n) is 16.5. The summed E-state index contributed by atoms with van der Waals surface area (Å²) in [5.74, 6) is -0.724. The highest BCUT2D eigenvalue weighted by atomic mass is 16.3. The van der Waals surface area contributed by atoms with Gasteiger partial charge in [-0.2, -0.15) is 0 Å². The summed E-state index contributed by atoms with van der Waals surface area (Å²) in [6, 6.07) is 19.4. The summed E-state index contributed by atoms with van der Waals surface area (Å²) in [5.41, 5.74) is 1.24. The van der Waals surface area contributed by atoms with E-state index in [9.17, 15) is 15.0 Å². The standard InChI is InChI=1S/C25H25NO3/c1-16(28)21(15-27)14-26-23(29)7-3-4-17-8-9-20-11-10-18-5-2-6-19-12-13-22(17)25(20)24(18)19/h2,5-6,8-14,16,21,27-28H,3-4,7,15H2,1H3/t16-,21?/m0/s1. The van der Waals surface area contributed by atoms with E-state index in [1.165, 1.54) is 44.1 Å². The number of aryl methyl sites for hydroxylation is 1. The Morgan fingerprint density at radius 1 is 1.00 bits per heavy atom. The summed E-state index contributed by atoms with van der Waals surface area (Å²) in [5, 5.41) is 26.3. The van der Waals surface area contributed by atoms with E-state index in [4.69, 9.17) is 0 Å². The molecule has 2 atom stereocenters. The van der Waals surface area contributed by atoms with Crippen molar-refractivity contribution in [1.29, 1.82) is 0 Å². The van der Waals surface area contributed by atoms with E-state index in [2.05, 4.69) is 59.6 Å². The van der Waals surface area contributed by atoms with Crippen LogP contribution in [0.15, 0.2) is 59.6 Å². The molecule has 2 N–H and O–H groups in total. The fourth-order valence-electron chi connectivity index (χ4n) is 4.01. The minimum absolute atomic E-state index is 0.221. The van der Waals surface area contributed by atoms with Crippen LogP contribution in [-0.2, 0) is 11.2 Å².